The molecule has 1 heterocycles. The molecule has 1 unspecified atom stereocenters. The molecule has 0 aromatic carbocycles. The summed E-state index contributed by atoms with van der Waals surface area (Å²) < 4.78 is 0. The van der Waals surface area contributed by atoms with Crippen molar-refractivity contribution in [2.45, 2.75) is 37.8 Å². The van der Waals surface area contributed by atoms with Crippen LogP contribution in [0.5, 0.6) is 0 Å². The van der Waals surface area contributed by atoms with E-state index >= 15 is 0 Å². The summed E-state index contributed by atoms with van der Waals surface area (Å²) >= 11 is 1.69. The first-order valence-corrected chi connectivity index (χ1v) is 8.23. The zero-order chi connectivity index (χ0) is 14.5. The third-order valence-electron chi connectivity index (χ3n) is 4.21. The number of rotatable bonds is 6. The number of carbonyl (C=O) groups excluding carboxylic acids is 1. The third kappa shape index (κ3) is 4.04. The summed E-state index contributed by atoms with van der Waals surface area (Å²) in [6, 6.07) is 2.57. The van der Waals surface area contributed by atoms with E-state index in [0.717, 1.165) is 19.3 Å². The van der Waals surface area contributed by atoms with Gasteiger partial charge >= 0.3 is 0 Å². The zero-order valence-electron chi connectivity index (χ0n) is 12.3. The summed E-state index contributed by atoms with van der Waals surface area (Å²) in [5, 5.41) is 7.29. The lowest BCUT2D eigenvalue weighted by atomic mass is 10.00. The fourth-order valence-electron chi connectivity index (χ4n) is 2.90. The summed E-state index contributed by atoms with van der Waals surface area (Å²) in [4.78, 5) is 14.2. The molecule has 0 spiro atoms. The van der Waals surface area contributed by atoms with Gasteiger partial charge in [0.15, 0.2) is 0 Å². The van der Waals surface area contributed by atoms with E-state index in [4.69, 9.17) is 5.73 Å². The second kappa shape index (κ2) is 7.20. The number of likely N-dealkylation sites (N-methyl/N-ethyl adjacent to an activating group) is 1. The summed E-state index contributed by atoms with van der Waals surface area (Å²) in [6.45, 7) is 0.657. The van der Waals surface area contributed by atoms with Gasteiger partial charge in [-0.1, -0.05) is 6.42 Å². The van der Waals surface area contributed by atoms with Crippen LogP contribution in [-0.2, 0) is 4.79 Å². The molecule has 1 fully saturated rings. The number of hydrogen-bond donors (Lipinski definition) is 2. The van der Waals surface area contributed by atoms with Crippen molar-refractivity contribution in [3.05, 3.63) is 22.4 Å². The van der Waals surface area contributed by atoms with E-state index in [-0.39, 0.29) is 18.0 Å². The van der Waals surface area contributed by atoms with E-state index in [1.54, 1.807) is 11.3 Å². The van der Waals surface area contributed by atoms with Gasteiger partial charge in [-0.25, -0.2) is 0 Å². The van der Waals surface area contributed by atoms with Crippen LogP contribution >= 0.6 is 11.3 Å². The van der Waals surface area contributed by atoms with Crippen molar-refractivity contribution in [1.29, 1.82) is 0 Å². The Hall–Kier alpha value is -0.910. The highest BCUT2D eigenvalue weighted by molar-refractivity contribution is 7.07. The van der Waals surface area contributed by atoms with Crippen molar-refractivity contribution in [2.24, 2.45) is 11.7 Å². The van der Waals surface area contributed by atoms with Crippen LogP contribution in [0.2, 0.25) is 0 Å². The summed E-state index contributed by atoms with van der Waals surface area (Å²) in [5.74, 6) is 0.503. The monoisotopic (exact) mass is 295 g/mol. The molecule has 20 heavy (non-hydrogen) atoms. The highest BCUT2D eigenvalue weighted by Gasteiger charge is 2.26. The van der Waals surface area contributed by atoms with Gasteiger partial charge in [0.1, 0.15) is 0 Å². The van der Waals surface area contributed by atoms with Crippen molar-refractivity contribution < 1.29 is 4.79 Å². The first kappa shape index (κ1) is 15.5. The van der Waals surface area contributed by atoms with Crippen molar-refractivity contribution in [3.8, 4) is 0 Å². The average Bonchev–Trinajstić information content (AvgIpc) is 3.02. The second-order valence-corrected chi connectivity index (χ2v) is 6.68. The molecule has 1 saturated carbocycles. The molecule has 1 aromatic rings. The lowest BCUT2D eigenvalue weighted by Crippen LogP contribution is -2.36. The van der Waals surface area contributed by atoms with E-state index in [0.29, 0.717) is 18.9 Å². The minimum absolute atomic E-state index is 0.134. The lowest BCUT2D eigenvalue weighted by Gasteiger charge is -2.24. The number of nitrogens with zero attached hydrogens (tertiary/aromatic N) is 1. The smallest absolute Gasteiger partial charge is 0.220 e. The summed E-state index contributed by atoms with van der Waals surface area (Å²) in [6.07, 6.45) is 3.89. The predicted octanol–water partition coefficient (Wildman–Crippen LogP) is 1.98. The number of amides is 1. The van der Waals surface area contributed by atoms with E-state index in [9.17, 15) is 4.79 Å². The fraction of sp³-hybridized carbons (Fsp3) is 0.667. The standard InChI is InChI=1S/C15H25N3OS/c1-18(2)14(12-6-7-20-10-12)9-17-15(19)8-11-4-3-5-13(11)16/h6-7,10-11,13-14H,3-5,8-9,16H2,1-2H3,(H,17,19)/t11-,13+,14?/m0/s1. The molecule has 2 rings (SSSR count). The molecule has 4 nitrogen and oxygen atoms in total. The van der Waals surface area contributed by atoms with Crippen LogP contribution in [0.1, 0.15) is 37.3 Å². The molecule has 0 radical (unpaired) electrons. The number of hydrogen-bond acceptors (Lipinski definition) is 4. The van der Waals surface area contributed by atoms with Gasteiger partial charge < -0.3 is 16.0 Å². The molecule has 3 N–H and O–H groups in total. The molecule has 0 saturated heterocycles. The highest BCUT2D eigenvalue weighted by Crippen LogP contribution is 2.26. The zero-order valence-corrected chi connectivity index (χ0v) is 13.2. The van der Waals surface area contributed by atoms with Crippen LogP contribution in [0, 0.1) is 5.92 Å². The van der Waals surface area contributed by atoms with E-state index in [2.05, 4.69) is 27.0 Å². The number of nitrogens with two attached hydrogens (primary N) is 1. The topological polar surface area (TPSA) is 58.4 Å². The van der Waals surface area contributed by atoms with E-state index < -0.39 is 0 Å². The van der Waals surface area contributed by atoms with Gasteiger partial charge in [-0.15, -0.1) is 0 Å². The van der Waals surface area contributed by atoms with Gasteiger partial charge in [-0.2, -0.15) is 11.3 Å². The predicted molar refractivity (Wildman–Crippen MR) is 83.7 cm³/mol. The van der Waals surface area contributed by atoms with Crippen LogP contribution in [0.25, 0.3) is 0 Å². The maximum absolute atomic E-state index is 12.1. The quantitative estimate of drug-likeness (QED) is 0.844. The SMILES string of the molecule is CN(C)C(CNC(=O)C[C@@H]1CCC[C@H]1N)c1ccsc1. The number of nitrogens with one attached hydrogen (secondary N) is 1. The van der Waals surface area contributed by atoms with Crippen LogP contribution in [0.3, 0.4) is 0 Å². The Morgan fingerprint density at radius 2 is 2.35 bits per heavy atom. The lowest BCUT2D eigenvalue weighted by molar-refractivity contribution is -0.122. The Kier molecular flexibility index (Phi) is 5.57. The van der Waals surface area contributed by atoms with Gasteiger partial charge in [0.05, 0.1) is 6.04 Å². The molecule has 1 amide bonds. The maximum atomic E-state index is 12.1. The van der Waals surface area contributed by atoms with Crippen LogP contribution in [0.15, 0.2) is 16.8 Å². The largest absolute Gasteiger partial charge is 0.354 e. The van der Waals surface area contributed by atoms with Gasteiger partial charge in [0.25, 0.3) is 0 Å². The Labute approximate surface area is 125 Å². The van der Waals surface area contributed by atoms with Gasteiger partial charge in [-0.05, 0) is 55.2 Å². The summed E-state index contributed by atoms with van der Waals surface area (Å²) in [5.41, 5.74) is 7.28. The normalized spacial score (nSPS) is 24.0. The Bertz CT molecular complexity index is 419. The van der Waals surface area contributed by atoms with E-state index in [1.807, 2.05) is 14.1 Å². The molecular formula is C15H25N3OS. The first-order chi connectivity index (χ1) is 9.58. The number of thiophene rings is 1. The molecule has 3 atom stereocenters. The molecule has 1 aliphatic rings. The Balaban J connectivity index is 1.82. The van der Waals surface area contributed by atoms with E-state index in [1.165, 1.54) is 5.56 Å². The van der Waals surface area contributed by atoms with Crippen molar-refractivity contribution in [1.82, 2.24) is 10.2 Å². The van der Waals surface area contributed by atoms with Gasteiger partial charge in [0.2, 0.25) is 5.91 Å². The molecule has 1 aromatic heterocycles. The maximum Gasteiger partial charge on any atom is 0.220 e. The van der Waals surface area contributed by atoms with Gasteiger partial charge in [0, 0.05) is 19.0 Å². The van der Waals surface area contributed by atoms with Crippen LogP contribution in [-0.4, -0.2) is 37.5 Å². The highest BCUT2D eigenvalue weighted by atomic mass is 32.1. The second-order valence-electron chi connectivity index (χ2n) is 5.90. The Morgan fingerprint density at radius 3 is 2.90 bits per heavy atom. The first-order valence-electron chi connectivity index (χ1n) is 7.28. The molecule has 112 valence electrons. The minimum Gasteiger partial charge on any atom is -0.354 e. The molecule has 1 aliphatic carbocycles. The summed E-state index contributed by atoms with van der Waals surface area (Å²) in [7, 11) is 4.09. The molecule has 5 heteroatoms. The Morgan fingerprint density at radius 1 is 1.55 bits per heavy atom. The molecular weight excluding hydrogens is 270 g/mol. The number of carbonyl (C=O) groups is 1. The van der Waals surface area contributed by atoms with Crippen molar-refractivity contribution in [2.75, 3.05) is 20.6 Å². The fourth-order valence-corrected chi connectivity index (χ4v) is 3.61. The minimum atomic E-state index is 0.134. The molecule has 0 bridgehead atoms. The van der Waals surface area contributed by atoms with Crippen molar-refractivity contribution >= 4 is 17.2 Å². The van der Waals surface area contributed by atoms with Crippen molar-refractivity contribution in [3.63, 3.8) is 0 Å². The van der Waals surface area contributed by atoms with Crippen LogP contribution in [0.4, 0.5) is 0 Å². The van der Waals surface area contributed by atoms with Gasteiger partial charge in [-0.3, -0.25) is 4.79 Å². The average molecular weight is 295 g/mol. The molecule has 0 aliphatic heterocycles. The third-order valence-corrected chi connectivity index (χ3v) is 4.91. The van der Waals surface area contributed by atoms with Crippen LogP contribution < -0.4 is 11.1 Å².